The van der Waals surface area contributed by atoms with E-state index >= 15 is 0 Å². The third-order valence-corrected chi connectivity index (χ3v) is 7.64. The highest BCUT2D eigenvalue weighted by atomic mass is 35.5. The molecule has 3 aromatic rings. The van der Waals surface area contributed by atoms with Gasteiger partial charge in [0.1, 0.15) is 6.54 Å². The van der Waals surface area contributed by atoms with Crippen molar-refractivity contribution >= 4 is 44.8 Å². The molecule has 0 fully saturated rings. The number of nitrogens with zero attached hydrogens (tertiary/aromatic N) is 1. The third kappa shape index (κ3) is 6.08. The summed E-state index contributed by atoms with van der Waals surface area (Å²) in [7, 11) is -4.05. The molecular formula is C25H26Cl2N2O3S. The maximum Gasteiger partial charge on any atom is 0.264 e. The molecule has 0 aliphatic carbocycles. The van der Waals surface area contributed by atoms with E-state index in [-0.39, 0.29) is 15.6 Å². The predicted octanol–water partition coefficient (Wildman–Crippen LogP) is 5.63. The second kappa shape index (κ2) is 11.1. The Morgan fingerprint density at radius 3 is 2.27 bits per heavy atom. The Balaban J connectivity index is 1.89. The third-order valence-electron chi connectivity index (χ3n) is 5.33. The number of nitrogens with one attached hydrogen (secondary N) is 1. The molecule has 0 atom stereocenters. The summed E-state index contributed by atoms with van der Waals surface area (Å²) < 4.78 is 27.8. The molecular weight excluding hydrogens is 479 g/mol. The topological polar surface area (TPSA) is 66.5 Å². The van der Waals surface area contributed by atoms with Gasteiger partial charge in [0.2, 0.25) is 5.91 Å². The van der Waals surface area contributed by atoms with Crippen molar-refractivity contribution in [2.24, 2.45) is 0 Å². The van der Waals surface area contributed by atoms with Crippen LogP contribution in [0.5, 0.6) is 0 Å². The van der Waals surface area contributed by atoms with Gasteiger partial charge in [-0.2, -0.15) is 0 Å². The summed E-state index contributed by atoms with van der Waals surface area (Å²) in [5.74, 6) is -0.440. The minimum Gasteiger partial charge on any atom is -0.350 e. The van der Waals surface area contributed by atoms with E-state index in [1.165, 1.54) is 35.9 Å². The molecule has 5 nitrogen and oxygen atoms in total. The smallest absolute Gasteiger partial charge is 0.264 e. The molecule has 174 valence electrons. The van der Waals surface area contributed by atoms with Crippen molar-refractivity contribution in [1.29, 1.82) is 0 Å². The van der Waals surface area contributed by atoms with Gasteiger partial charge in [-0.25, -0.2) is 8.42 Å². The molecule has 8 heteroatoms. The summed E-state index contributed by atoms with van der Waals surface area (Å²) in [5, 5.41) is 3.37. The monoisotopic (exact) mass is 504 g/mol. The first-order chi connectivity index (χ1) is 15.8. The van der Waals surface area contributed by atoms with Crippen LogP contribution in [0.4, 0.5) is 5.69 Å². The van der Waals surface area contributed by atoms with E-state index < -0.39 is 22.5 Å². The van der Waals surface area contributed by atoms with Crippen LogP contribution in [0.15, 0.2) is 71.6 Å². The van der Waals surface area contributed by atoms with Crippen molar-refractivity contribution in [3.8, 4) is 0 Å². The Labute approximate surface area is 205 Å². The molecule has 1 N–H and O–H groups in total. The second-order valence-electron chi connectivity index (χ2n) is 7.51. The van der Waals surface area contributed by atoms with Crippen LogP contribution in [0.3, 0.4) is 0 Å². The van der Waals surface area contributed by atoms with E-state index in [1.807, 2.05) is 0 Å². The molecule has 0 radical (unpaired) electrons. The lowest BCUT2D eigenvalue weighted by Gasteiger charge is -2.25. The summed E-state index contributed by atoms with van der Waals surface area (Å²) >= 11 is 12.3. The average Bonchev–Trinajstić information content (AvgIpc) is 2.82. The van der Waals surface area contributed by atoms with E-state index in [4.69, 9.17) is 23.2 Å². The quantitative estimate of drug-likeness (QED) is 0.410. The van der Waals surface area contributed by atoms with Crippen LogP contribution in [0.1, 0.15) is 30.5 Å². The molecule has 1 amide bonds. The van der Waals surface area contributed by atoms with E-state index in [2.05, 4.69) is 37.4 Å². The Morgan fingerprint density at radius 1 is 0.909 bits per heavy atom. The Morgan fingerprint density at radius 2 is 1.64 bits per heavy atom. The van der Waals surface area contributed by atoms with Crippen LogP contribution in [0.25, 0.3) is 0 Å². The zero-order valence-corrected chi connectivity index (χ0v) is 20.8. The normalized spacial score (nSPS) is 11.3. The number of amides is 1. The number of carbonyl (C=O) groups excluding carboxylic acids is 1. The summed E-state index contributed by atoms with van der Waals surface area (Å²) in [6.45, 7) is 4.02. The Kier molecular flexibility index (Phi) is 8.40. The lowest BCUT2D eigenvalue weighted by molar-refractivity contribution is -0.119. The molecule has 0 spiro atoms. The first-order valence-electron chi connectivity index (χ1n) is 10.7. The van der Waals surface area contributed by atoms with E-state index in [1.54, 1.807) is 18.2 Å². The number of hydrogen-bond donors (Lipinski definition) is 1. The van der Waals surface area contributed by atoms with Gasteiger partial charge in [-0.1, -0.05) is 73.4 Å². The SMILES string of the molecule is CCc1ccc(CC)c(CNC(=O)CN(c2ccc(Cl)cc2Cl)S(=O)(=O)c2ccccc2)c1. The fraction of sp³-hybridized carbons (Fsp3) is 0.240. The van der Waals surface area contributed by atoms with Gasteiger partial charge in [-0.15, -0.1) is 0 Å². The molecule has 33 heavy (non-hydrogen) atoms. The van der Waals surface area contributed by atoms with Gasteiger partial charge in [0.25, 0.3) is 10.0 Å². The lowest BCUT2D eigenvalue weighted by atomic mass is 10.0. The van der Waals surface area contributed by atoms with Crippen molar-refractivity contribution in [3.63, 3.8) is 0 Å². The lowest BCUT2D eigenvalue weighted by Crippen LogP contribution is -2.41. The first kappa shape index (κ1) is 25.1. The maximum absolute atomic E-state index is 13.4. The summed E-state index contributed by atoms with van der Waals surface area (Å²) in [6, 6.07) is 18.7. The van der Waals surface area contributed by atoms with Crippen LogP contribution in [-0.4, -0.2) is 20.9 Å². The van der Waals surface area contributed by atoms with Gasteiger partial charge in [0.15, 0.2) is 0 Å². The van der Waals surface area contributed by atoms with Gasteiger partial charge in [0.05, 0.1) is 15.6 Å². The van der Waals surface area contributed by atoms with Gasteiger partial charge in [-0.05, 0) is 59.9 Å². The minimum atomic E-state index is -4.05. The number of carbonyl (C=O) groups is 1. The van der Waals surface area contributed by atoms with Crippen molar-refractivity contribution in [3.05, 3.63) is 93.5 Å². The van der Waals surface area contributed by atoms with Gasteiger partial charge in [0, 0.05) is 11.6 Å². The van der Waals surface area contributed by atoms with Gasteiger partial charge in [-0.3, -0.25) is 9.10 Å². The largest absolute Gasteiger partial charge is 0.350 e. The minimum absolute atomic E-state index is 0.0627. The Hall–Kier alpha value is -2.54. The second-order valence-corrected chi connectivity index (χ2v) is 10.2. The molecule has 0 aromatic heterocycles. The molecule has 0 saturated heterocycles. The van der Waals surface area contributed by atoms with Crippen molar-refractivity contribution in [2.75, 3.05) is 10.8 Å². The molecule has 0 unspecified atom stereocenters. The standard InChI is InChI=1S/C25H26Cl2N2O3S/c1-3-18-10-11-19(4-2)20(14-18)16-28-25(30)17-29(24-13-12-21(26)15-23(24)27)33(31,32)22-8-6-5-7-9-22/h5-15H,3-4,16-17H2,1-2H3,(H,28,30). The maximum atomic E-state index is 13.4. The predicted molar refractivity (Wildman–Crippen MR) is 134 cm³/mol. The number of rotatable bonds is 9. The number of hydrogen-bond acceptors (Lipinski definition) is 3. The van der Waals surface area contributed by atoms with E-state index in [0.29, 0.717) is 11.6 Å². The number of sulfonamides is 1. The van der Waals surface area contributed by atoms with Crippen molar-refractivity contribution < 1.29 is 13.2 Å². The Bertz CT molecular complexity index is 1230. The highest BCUT2D eigenvalue weighted by molar-refractivity contribution is 7.92. The van der Waals surface area contributed by atoms with Crippen molar-refractivity contribution in [1.82, 2.24) is 5.32 Å². The number of benzene rings is 3. The molecule has 3 rings (SSSR count). The molecule has 0 saturated carbocycles. The van der Waals surface area contributed by atoms with Crippen LogP contribution in [-0.2, 0) is 34.2 Å². The fourth-order valence-electron chi connectivity index (χ4n) is 3.49. The van der Waals surface area contributed by atoms with Gasteiger partial charge >= 0.3 is 0 Å². The summed E-state index contributed by atoms with van der Waals surface area (Å²) in [4.78, 5) is 13.0. The molecule has 0 aliphatic heterocycles. The fourth-order valence-corrected chi connectivity index (χ4v) is 5.51. The highest BCUT2D eigenvalue weighted by Gasteiger charge is 2.28. The number of anilines is 1. The molecule has 0 bridgehead atoms. The molecule has 0 heterocycles. The van der Waals surface area contributed by atoms with E-state index in [0.717, 1.165) is 28.3 Å². The molecule has 0 aliphatic rings. The zero-order chi connectivity index (χ0) is 24.0. The number of aryl methyl sites for hydroxylation is 2. The molecule has 3 aromatic carbocycles. The van der Waals surface area contributed by atoms with Crippen LogP contribution in [0.2, 0.25) is 10.0 Å². The van der Waals surface area contributed by atoms with Gasteiger partial charge < -0.3 is 5.32 Å². The van der Waals surface area contributed by atoms with Crippen molar-refractivity contribution in [2.45, 2.75) is 38.1 Å². The van der Waals surface area contributed by atoms with Crippen LogP contribution < -0.4 is 9.62 Å². The average molecular weight is 505 g/mol. The number of halogens is 2. The highest BCUT2D eigenvalue weighted by Crippen LogP contribution is 2.32. The first-order valence-corrected chi connectivity index (χ1v) is 12.9. The summed E-state index contributed by atoms with van der Waals surface area (Å²) in [5.41, 5.74) is 3.52. The van der Waals surface area contributed by atoms with E-state index in [9.17, 15) is 13.2 Å². The van der Waals surface area contributed by atoms with Crippen LogP contribution in [0, 0.1) is 0 Å². The zero-order valence-electron chi connectivity index (χ0n) is 18.5. The summed E-state index contributed by atoms with van der Waals surface area (Å²) in [6.07, 6.45) is 1.73. The van der Waals surface area contributed by atoms with Crippen LogP contribution >= 0.6 is 23.2 Å².